The molecule has 0 spiro atoms. The Morgan fingerprint density at radius 2 is 1.89 bits per heavy atom. The molecule has 2 rings (SSSR count). The Labute approximate surface area is 109 Å². The van der Waals surface area contributed by atoms with E-state index in [-0.39, 0.29) is 5.92 Å². The molecule has 96 valence electrons. The fourth-order valence-electron chi connectivity index (χ4n) is 1.29. The molecule has 0 atom stereocenters. The van der Waals surface area contributed by atoms with E-state index in [1.807, 2.05) is 20.8 Å². The van der Waals surface area contributed by atoms with Crippen molar-refractivity contribution in [3.63, 3.8) is 0 Å². The molecule has 0 aliphatic rings. The van der Waals surface area contributed by atoms with Gasteiger partial charge in [0.25, 0.3) is 5.22 Å². The van der Waals surface area contributed by atoms with Crippen LogP contribution in [0.25, 0.3) is 0 Å². The lowest BCUT2D eigenvalue weighted by molar-refractivity contribution is 0.429. The first-order valence-electron chi connectivity index (χ1n) is 5.59. The molecule has 0 aliphatic carbocycles. The van der Waals surface area contributed by atoms with Gasteiger partial charge in [0.15, 0.2) is 0 Å². The first-order valence-corrected chi connectivity index (χ1v) is 6.41. The van der Waals surface area contributed by atoms with Gasteiger partial charge in [-0.1, -0.05) is 13.8 Å². The third kappa shape index (κ3) is 2.61. The molecule has 0 aliphatic heterocycles. The molecular weight excluding hydrogens is 250 g/mol. The maximum Gasteiger partial charge on any atom is 0.282 e. The van der Waals surface area contributed by atoms with Crippen LogP contribution in [0.2, 0.25) is 0 Å². The topological polar surface area (TPSA) is 90.7 Å². The summed E-state index contributed by atoms with van der Waals surface area (Å²) in [6.45, 7) is 7.67. The minimum Gasteiger partial charge on any atom is -0.416 e. The number of nitrogens with zero attached hydrogens (tertiary/aromatic N) is 4. The van der Waals surface area contributed by atoms with Gasteiger partial charge in [-0.25, -0.2) is 9.97 Å². The Hall–Kier alpha value is -1.63. The Balaban J connectivity index is 2.37. The summed E-state index contributed by atoms with van der Waals surface area (Å²) < 4.78 is 5.32. The van der Waals surface area contributed by atoms with E-state index in [4.69, 9.17) is 10.2 Å². The van der Waals surface area contributed by atoms with E-state index >= 15 is 0 Å². The molecule has 2 aromatic heterocycles. The molecule has 0 bridgehead atoms. The smallest absolute Gasteiger partial charge is 0.282 e. The van der Waals surface area contributed by atoms with Crippen LogP contribution < -0.4 is 5.73 Å². The summed E-state index contributed by atoms with van der Waals surface area (Å²) >= 11 is 1.31. The molecule has 0 saturated heterocycles. The summed E-state index contributed by atoms with van der Waals surface area (Å²) in [5, 5.41) is 8.93. The summed E-state index contributed by atoms with van der Waals surface area (Å²) in [7, 11) is 0. The molecule has 0 aromatic carbocycles. The maximum absolute atomic E-state index is 5.89. The average molecular weight is 265 g/mol. The van der Waals surface area contributed by atoms with Crippen LogP contribution in [-0.4, -0.2) is 20.2 Å². The Kier molecular flexibility index (Phi) is 3.51. The lowest BCUT2D eigenvalue weighted by Crippen LogP contribution is -2.05. The predicted octanol–water partition coefficient (Wildman–Crippen LogP) is 2.33. The number of aryl methyl sites for hydroxylation is 1. The van der Waals surface area contributed by atoms with E-state index in [1.165, 1.54) is 11.8 Å². The molecule has 2 N–H and O–H groups in total. The fraction of sp³-hybridized carbons (Fsp3) is 0.455. The molecule has 0 fully saturated rings. The van der Waals surface area contributed by atoms with Gasteiger partial charge in [-0.15, -0.1) is 10.2 Å². The van der Waals surface area contributed by atoms with Crippen molar-refractivity contribution in [2.24, 2.45) is 0 Å². The molecule has 6 nitrogen and oxygen atoms in total. The summed E-state index contributed by atoms with van der Waals surface area (Å²) in [5.41, 5.74) is 6.72. The first-order chi connectivity index (χ1) is 8.47. The number of nitrogens with two attached hydrogens (primary N) is 1. The van der Waals surface area contributed by atoms with Gasteiger partial charge in [0.05, 0.1) is 0 Å². The van der Waals surface area contributed by atoms with Crippen molar-refractivity contribution in [1.82, 2.24) is 20.2 Å². The SMILES string of the molecule is Cc1nnc(Sc2nc(C(C)C)nc(N)c2C)o1. The van der Waals surface area contributed by atoms with Gasteiger partial charge in [-0.3, -0.25) is 0 Å². The zero-order valence-electron chi connectivity index (χ0n) is 10.8. The van der Waals surface area contributed by atoms with Crippen molar-refractivity contribution in [3.8, 4) is 0 Å². The summed E-state index contributed by atoms with van der Waals surface area (Å²) in [6.07, 6.45) is 0. The monoisotopic (exact) mass is 265 g/mol. The minimum atomic E-state index is 0.219. The largest absolute Gasteiger partial charge is 0.416 e. The molecule has 0 amide bonds. The molecule has 2 aromatic rings. The van der Waals surface area contributed by atoms with E-state index in [0.29, 0.717) is 16.9 Å². The van der Waals surface area contributed by atoms with E-state index in [1.54, 1.807) is 6.92 Å². The quantitative estimate of drug-likeness (QED) is 0.851. The highest BCUT2D eigenvalue weighted by Crippen LogP contribution is 2.30. The summed E-state index contributed by atoms with van der Waals surface area (Å²) in [5.74, 6) is 1.96. The second-order valence-electron chi connectivity index (χ2n) is 4.24. The van der Waals surface area contributed by atoms with Crippen molar-refractivity contribution in [2.75, 3.05) is 5.73 Å². The number of nitrogen functional groups attached to an aromatic ring is 1. The molecule has 18 heavy (non-hydrogen) atoms. The van der Waals surface area contributed by atoms with Gasteiger partial charge in [-0.05, 0) is 18.7 Å². The van der Waals surface area contributed by atoms with Crippen molar-refractivity contribution in [2.45, 2.75) is 43.9 Å². The van der Waals surface area contributed by atoms with E-state index in [9.17, 15) is 0 Å². The number of anilines is 1. The van der Waals surface area contributed by atoms with Crippen LogP contribution in [0.5, 0.6) is 0 Å². The average Bonchev–Trinajstić information content (AvgIpc) is 2.70. The molecule has 2 heterocycles. The van der Waals surface area contributed by atoms with Crippen LogP contribution in [-0.2, 0) is 0 Å². The number of rotatable bonds is 3. The second-order valence-corrected chi connectivity index (χ2v) is 5.18. The Morgan fingerprint density at radius 3 is 2.44 bits per heavy atom. The van der Waals surface area contributed by atoms with Gasteiger partial charge < -0.3 is 10.2 Å². The lowest BCUT2D eigenvalue weighted by Gasteiger charge is -2.09. The molecule has 0 radical (unpaired) electrons. The predicted molar refractivity (Wildman–Crippen MR) is 68.4 cm³/mol. The van der Waals surface area contributed by atoms with Gasteiger partial charge in [-0.2, -0.15) is 0 Å². The van der Waals surface area contributed by atoms with Gasteiger partial charge in [0.1, 0.15) is 16.7 Å². The molecule has 0 saturated carbocycles. The molecule has 7 heteroatoms. The van der Waals surface area contributed by atoms with Gasteiger partial charge >= 0.3 is 0 Å². The fourth-order valence-corrected chi connectivity index (χ4v) is 2.10. The first kappa shape index (κ1) is 12.8. The normalized spacial score (nSPS) is 11.2. The summed E-state index contributed by atoms with van der Waals surface area (Å²) in [6, 6.07) is 0. The van der Waals surface area contributed by atoms with Crippen molar-refractivity contribution in [3.05, 3.63) is 17.3 Å². The van der Waals surface area contributed by atoms with Crippen LogP contribution in [0.3, 0.4) is 0 Å². The second kappa shape index (κ2) is 4.93. The highest BCUT2D eigenvalue weighted by atomic mass is 32.2. The van der Waals surface area contributed by atoms with Crippen molar-refractivity contribution >= 4 is 17.6 Å². The Bertz CT molecular complexity index is 567. The van der Waals surface area contributed by atoms with Gasteiger partial charge in [0, 0.05) is 18.4 Å². The highest BCUT2D eigenvalue weighted by molar-refractivity contribution is 7.99. The summed E-state index contributed by atoms with van der Waals surface area (Å²) in [4.78, 5) is 8.75. The molecular formula is C11H15N5OS. The van der Waals surface area contributed by atoms with Crippen LogP contribution >= 0.6 is 11.8 Å². The minimum absolute atomic E-state index is 0.219. The third-order valence-corrected chi connectivity index (χ3v) is 3.29. The number of aromatic nitrogens is 4. The highest BCUT2D eigenvalue weighted by Gasteiger charge is 2.14. The van der Waals surface area contributed by atoms with Crippen LogP contribution in [0.4, 0.5) is 5.82 Å². The van der Waals surface area contributed by atoms with E-state index in [2.05, 4.69) is 20.2 Å². The zero-order valence-corrected chi connectivity index (χ0v) is 11.6. The van der Waals surface area contributed by atoms with Crippen LogP contribution in [0.1, 0.15) is 37.0 Å². The van der Waals surface area contributed by atoms with E-state index < -0.39 is 0 Å². The third-order valence-electron chi connectivity index (χ3n) is 2.36. The molecule has 0 unspecified atom stereocenters. The van der Waals surface area contributed by atoms with Crippen molar-refractivity contribution in [1.29, 1.82) is 0 Å². The van der Waals surface area contributed by atoms with Crippen LogP contribution in [0.15, 0.2) is 14.7 Å². The number of hydrogen-bond donors (Lipinski definition) is 1. The lowest BCUT2D eigenvalue weighted by atomic mass is 10.2. The van der Waals surface area contributed by atoms with Crippen LogP contribution in [0, 0.1) is 13.8 Å². The standard InChI is InChI=1S/C11H15N5OS/c1-5(2)9-13-8(12)6(3)10(14-9)18-11-16-15-7(4)17-11/h5H,1-4H3,(H2,12,13,14). The van der Waals surface area contributed by atoms with E-state index in [0.717, 1.165) is 16.4 Å². The number of hydrogen-bond acceptors (Lipinski definition) is 7. The maximum atomic E-state index is 5.89. The zero-order chi connectivity index (χ0) is 13.3. The Morgan fingerprint density at radius 1 is 1.17 bits per heavy atom. The van der Waals surface area contributed by atoms with Crippen molar-refractivity contribution < 1.29 is 4.42 Å². The van der Waals surface area contributed by atoms with Gasteiger partial charge in [0.2, 0.25) is 5.89 Å².